The van der Waals surface area contributed by atoms with Gasteiger partial charge in [-0.05, 0) is 29.8 Å². The topological polar surface area (TPSA) is 66.0 Å². The highest BCUT2D eigenvalue weighted by molar-refractivity contribution is 5.92. The molecular weight excluding hydrogens is 372 g/mol. The van der Waals surface area contributed by atoms with E-state index >= 15 is 0 Å². The number of nitrogens with one attached hydrogen (secondary N) is 1. The van der Waals surface area contributed by atoms with Crippen LogP contribution in [0, 0.1) is 0 Å². The Morgan fingerprint density at radius 3 is 2.43 bits per heavy atom. The first-order chi connectivity index (χ1) is 13.5. The summed E-state index contributed by atoms with van der Waals surface area (Å²) in [6, 6.07) is 9.78. The highest BCUT2D eigenvalue weighted by Crippen LogP contribution is 2.31. The third-order valence-electron chi connectivity index (χ3n) is 3.76. The minimum Gasteiger partial charge on any atom is -0.493 e. The molecule has 0 bridgehead atoms. The Morgan fingerprint density at radius 1 is 1.04 bits per heavy atom. The summed E-state index contributed by atoms with van der Waals surface area (Å²) in [5, 5.41) is 2.70. The second-order valence-electron chi connectivity index (χ2n) is 5.50. The molecule has 6 nitrogen and oxygen atoms in total. The number of halogens is 2. The lowest BCUT2D eigenvalue weighted by Gasteiger charge is -2.11. The number of hydrogen-bond donors (Lipinski definition) is 1. The number of methoxy groups -OCH3 is 3. The molecule has 2 rings (SSSR count). The fourth-order valence-electron chi connectivity index (χ4n) is 2.47. The largest absolute Gasteiger partial charge is 0.493 e. The van der Waals surface area contributed by atoms with Crippen molar-refractivity contribution in [2.45, 2.75) is 13.2 Å². The molecule has 0 aliphatic heterocycles. The molecule has 150 valence electrons. The maximum Gasteiger partial charge on any atom is 0.387 e. The lowest BCUT2D eigenvalue weighted by molar-refractivity contribution is -0.116. The molecule has 1 amide bonds. The van der Waals surface area contributed by atoms with Gasteiger partial charge in [-0.1, -0.05) is 18.2 Å². The van der Waals surface area contributed by atoms with Crippen LogP contribution in [0.5, 0.6) is 23.0 Å². The van der Waals surface area contributed by atoms with E-state index in [1.54, 1.807) is 30.3 Å². The zero-order chi connectivity index (χ0) is 20.5. The van der Waals surface area contributed by atoms with Crippen molar-refractivity contribution in [1.29, 1.82) is 0 Å². The highest BCUT2D eigenvalue weighted by Gasteiger charge is 2.11. The van der Waals surface area contributed by atoms with Gasteiger partial charge in [-0.3, -0.25) is 4.79 Å². The van der Waals surface area contributed by atoms with E-state index in [1.807, 2.05) is 0 Å². The average Bonchev–Trinajstić information content (AvgIpc) is 2.70. The van der Waals surface area contributed by atoms with E-state index in [2.05, 4.69) is 10.1 Å². The molecule has 0 heterocycles. The number of carbonyl (C=O) groups excluding carboxylic acids is 1. The molecule has 0 unspecified atom stereocenters. The third-order valence-corrected chi connectivity index (χ3v) is 3.76. The third kappa shape index (κ3) is 5.60. The fourth-order valence-corrected chi connectivity index (χ4v) is 2.47. The second-order valence-corrected chi connectivity index (χ2v) is 5.50. The zero-order valence-corrected chi connectivity index (χ0v) is 15.7. The SMILES string of the molecule is COc1cc(CNC(=O)/C=C/c2cccc(OC)c2OC)ccc1OC(F)F. The Balaban J connectivity index is 2.02. The van der Waals surface area contributed by atoms with Gasteiger partial charge in [0.1, 0.15) is 0 Å². The summed E-state index contributed by atoms with van der Waals surface area (Å²) < 4.78 is 44.6. The van der Waals surface area contributed by atoms with Crippen LogP contribution >= 0.6 is 0 Å². The van der Waals surface area contributed by atoms with Crippen molar-refractivity contribution in [3.05, 3.63) is 53.6 Å². The van der Waals surface area contributed by atoms with Gasteiger partial charge in [-0.15, -0.1) is 0 Å². The predicted molar refractivity (Wildman–Crippen MR) is 100 cm³/mol. The molecule has 0 spiro atoms. The van der Waals surface area contributed by atoms with Gasteiger partial charge >= 0.3 is 6.61 Å². The summed E-state index contributed by atoms with van der Waals surface area (Å²) >= 11 is 0. The number of carbonyl (C=O) groups is 1. The normalized spacial score (nSPS) is 10.8. The Labute approximate surface area is 161 Å². The summed E-state index contributed by atoms with van der Waals surface area (Å²) in [7, 11) is 4.40. The van der Waals surface area contributed by atoms with Crippen LogP contribution in [-0.4, -0.2) is 33.8 Å². The van der Waals surface area contributed by atoms with E-state index in [1.165, 1.54) is 39.5 Å². The highest BCUT2D eigenvalue weighted by atomic mass is 19.3. The number of rotatable bonds is 9. The molecule has 0 aliphatic rings. The van der Waals surface area contributed by atoms with Crippen LogP contribution in [0.4, 0.5) is 8.78 Å². The van der Waals surface area contributed by atoms with Crippen molar-refractivity contribution in [3.8, 4) is 23.0 Å². The van der Waals surface area contributed by atoms with Crippen molar-refractivity contribution >= 4 is 12.0 Å². The molecule has 2 aromatic rings. The van der Waals surface area contributed by atoms with E-state index in [0.717, 1.165) is 0 Å². The second kappa shape index (κ2) is 10.1. The van der Waals surface area contributed by atoms with Crippen molar-refractivity contribution in [3.63, 3.8) is 0 Å². The molecule has 8 heteroatoms. The first-order valence-electron chi connectivity index (χ1n) is 8.27. The summed E-state index contributed by atoms with van der Waals surface area (Å²) in [5.74, 6) is 0.828. The summed E-state index contributed by atoms with van der Waals surface area (Å²) in [4.78, 5) is 12.1. The number of alkyl halides is 2. The first-order valence-corrected chi connectivity index (χ1v) is 8.27. The molecule has 0 aromatic heterocycles. The van der Waals surface area contributed by atoms with Crippen molar-refractivity contribution < 1.29 is 32.5 Å². The van der Waals surface area contributed by atoms with Gasteiger partial charge in [0.15, 0.2) is 23.0 Å². The average molecular weight is 393 g/mol. The molecule has 0 fully saturated rings. The molecule has 0 atom stereocenters. The van der Waals surface area contributed by atoms with Crippen LogP contribution in [0.2, 0.25) is 0 Å². The maximum absolute atomic E-state index is 12.4. The van der Waals surface area contributed by atoms with Crippen LogP contribution in [0.1, 0.15) is 11.1 Å². The fraction of sp³-hybridized carbons (Fsp3) is 0.250. The Kier molecular flexibility index (Phi) is 7.62. The van der Waals surface area contributed by atoms with Crippen LogP contribution in [0.25, 0.3) is 6.08 Å². The van der Waals surface area contributed by atoms with E-state index in [0.29, 0.717) is 22.6 Å². The number of hydrogen-bond acceptors (Lipinski definition) is 5. The van der Waals surface area contributed by atoms with Crippen molar-refractivity contribution in [2.75, 3.05) is 21.3 Å². The number of para-hydroxylation sites is 1. The van der Waals surface area contributed by atoms with E-state index in [-0.39, 0.29) is 24.0 Å². The minimum atomic E-state index is -2.95. The molecule has 0 aliphatic carbocycles. The number of benzene rings is 2. The number of amides is 1. The van der Waals surface area contributed by atoms with Gasteiger partial charge in [0.2, 0.25) is 5.91 Å². The molecular formula is C20H21F2NO5. The van der Waals surface area contributed by atoms with Gasteiger partial charge in [0.25, 0.3) is 0 Å². The molecule has 1 N–H and O–H groups in total. The Morgan fingerprint density at radius 2 is 1.79 bits per heavy atom. The molecule has 0 radical (unpaired) electrons. The monoisotopic (exact) mass is 393 g/mol. The standard InChI is InChI=1S/C20H21F2NO5/c1-25-16-6-4-5-14(19(16)27-3)8-10-18(24)23-12-13-7-9-15(28-20(21)22)17(11-13)26-2/h4-11,20H,12H2,1-3H3,(H,23,24)/b10-8+. The lowest BCUT2D eigenvalue weighted by Crippen LogP contribution is -2.20. The van der Waals surface area contributed by atoms with Crippen LogP contribution in [0.3, 0.4) is 0 Å². The van der Waals surface area contributed by atoms with Gasteiger partial charge in [-0.25, -0.2) is 0 Å². The van der Waals surface area contributed by atoms with Gasteiger partial charge in [0, 0.05) is 18.2 Å². The number of ether oxygens (including phenoxy) is 4. The van der Waals surface area contributed by atoms with E-state index in [4.69, 9.17) is 14.2 Å². The molecule has 2 aromatic carbocycles. The first kappa shape index (κ1) is 21.0. The summed E-state index contributed by atoms with van der Waals surface area (Å²) in [5.41, 5.74) is 1.35. The van der Waals surface area contributed by atoms with Crippen LogP contribution < -0.4 is 24.3 Å². The van der Waals surface area contributed by atoms with E-state index < -0.39 is 6.61 Å². The molecule has 0 saturated carbocycles. The Bertz CT molecular complexity index is 839. The van der Waals surface area contributed by atoms with Crippen LogP contribution in [-0.2, 0) is 11.3 Å². The summed E-state index contributed by atoms with van der Waals surface area (Å²) in [6.07, 6.45) is 2.97. The predicted octanol–water partition coefficient (Wildman–Crippen LogP) is 3.64. The van der Waals surface area contributed by atoms with Gasteiger partial charge < -0.3 is 24.3 Å². The van der Waals surface area contributed by atoms with Crippen molar-refractivity contribution in [1.82, 2.24) is 5.32 Å². The van der Waals surface area contributed by atoms with Crippen molar-refractivity contribution in [2.24, 2.45) is 0 Å². The molecule has 0 saturated heterocycles. The van der Waals surface area contributed by atoms with Gasteiger partial charge in [0.05, 0.1) is 21.3 Å². The summed E-state index contributed by atoms with van der Waals surface area (Å²) in [6.45, 7) is -2.76. The van der Waals surface area contributed by atoms with Gasteiger partial charge in [-0.2, -0.15) is 8.78 Å². The quantitative estimate of drug-likeness (QED) is 0.659. The smallest absolute Gasteiger partial charge is 0.387 e. The minimum absolute atomic E-state index is 0.0717. The Hall–Kier alpha value is -3.29. The van der Waals surface area contributed by atoms with E-state index in [9.17, 15) is 13.6 Å². The lowest BCUT2D eigenvalue weighted by atomic mass is 10.1. The zero-order valence-electron chi connectivity index (χ0n) is 15.7. The van der Waals surface area contributed by atoms with Crippen LogP contribution in [0.15, 0.2) is 42.5 Å². The maximum atomic E-state index is 12.4. The molecule has 28 heavy (non-hydrogen) atoms.